The average Bonchev–Trinajstić information content (AvgIpc) is 2.86. The van der Waals surface area contributed by atoms with Gasteiger partial charge in [-0.2, -0.15) is 0 Å². The molecule has 2 rings (SSSR count). The van der Waals surface area contributed by atoms with Gasteiger partial charge in [0, 0.05) is 28.0 Å². The van der Waals surface area contributed by atoms with E-state index in [1.165, 1.54) is 4.88 Å². The highest BCUT2D eigenvalue weighted by atomic mass is 79.9. The summed E-state index contributed by atoms with van der Waals surface area (Å²) in [6.07, 6.45) is 0.156. The maximum atomic E-state index is 5.91. The SMILES string of the molecule is CC(C)Oc1c(Br)cc(Br)cc1CNCc1cccs1. The molecule has 2 nitrogen and oxygen atoms in total. The summed E-state index contributed by atoms with van der Waals surface area (Å²) in [5, 5.41) is 5.56. The van der Waals surface area contributed by atoms with Crippen molar-refractivity contribution in [2.45, 2.75) is 33.0 Å². The van der Waals surface area contributed by atoms with Crippen LogP contribution in [0.5, 0.6) is 5.75 Å². The normalized spacial score (nSPS) is 11.1. The lowest BCUT2D eigenvalue weighted by Gasteiger charge is -2.17. The smallest absolute Gasteiger partial charge is 0.138 e. The molecule has 0 unspecified atom stereocenters. The summed E-state index contributed by atoms with van der Waals surface area (Å²) >= 11 is 8.88. The van der Waals surface area contributed by atoms with Gasteiger partial charge in [0.1, 0.15) is 5.75 Å². The predicted molar refractivity (Wildman–Crippen MR) is 92.5 cm³/mol. The van der Waals surface area contributed by atoms with Gasteiger partial charge in [0.2, 0.25) is 0 Å². The fourth-order valence-electron chi connectivity index (χ4n) is 1.85. The van der Waals surface area contributed by atoms with E-state index in [4.69, 9.17) is 4.74 Å². The fraction of sp³-hybridized carbons (Fsp3) is 0.333. The molecule has 1 aromatic heterocycles. The number of halogens is 2. The van der Waals surface area contributed by atoms with E-state index in [-0.39, 0.29) is 6.10 Å². The maximum absolute atomic E-state index is 5.91. The number of thiophene rings is 1. The van der Waals surface area contributed by atoms with Gasteiger partial charge >= 0.3 is 0 Å². The highest BCUT2D eigenvalue weighted by Crippen LogP contribution is 2.33. The van der Waals surface area contributed by atoms with E-state index in [2.05, 4.69) is 60.8 Å². The molecule has 1 aromatic carbocycles. The molecule has 1 heterocycles. The van der Waals surface area contributed by atoms with Gasteiger partial charge in [-0.1, -0.05) is 22.0 Å². The summed E-state index contributed by atoms with van der Waals surface area (Å²) < 4.78 is 7.94. The van der Waals surface area contributed by atoms with Crippen LogP contribution in [0.15, 0.2) is 38.6 Å². The molecule has 5 heteroatoms. The van der Waals surface area contributed by atoms with Gasteiger partial charge in [0.15, 0.2) is 0 Å². The standard InChI is InChI=1S/C15H17Br2NOS/c1-10(2)19-15-11(6-12(16)7-14(15)17)8-18-9-13-4-3-5-20-13/h3-7,10,18H,8-9H2,1-2H3. The summed E-state index contributed by atoms with van der Waals surface area (Å²) in [5.41, 5.74) is 1.15. The monoisotopic (exact) mass is 417 g/mol. The van der Waals surface area contributed by atoms with Gasteiger partial charge in [-0.15, -0.1) is 11.3 Å². The summed E-state index contributed by atoms with van der Waals surface area (Å²) in [6, 6.07) is 8.33. The van der Waals surface area contributed by atoms with Gasteiger partial charge < -0.3 is 10.1 Å². The molecule has 0 atom stereocenters. The van der Waals surface area contributed by atoms with Crippen LogP contribution in [0.2, 0.25) is 0 Å². The third-order valence-corrected chi connectivity index (χ3v) is 4.56. The zero-order chi connectivity index (χ0) is 14.5. The van der Waals surface area contributed by atoms with Crippen molar-refractivity contribution < 1.29 is 4.74 Å². The van der Waals surface area contributed by atoms with E-state index < -0.39 is 0 Å². The van der Waals surface area contributed by atoms with Crippen molar-refractivity contribution >= 4 is 43.2 Å². The molecule has 0 saturated heterocycles. The topological polar surface area (TPSA) is 21.3 Å². The van der Waals surface area contributed by atoms with Crippen molar-refractivity contribution in [1.29, 1.82) is 0 Å². The number of nitrogens with one attached hydrogen (secondary N) is 1. The second-order valence-corrected chi connectivity index (χ2v) is 7.53. The zero-order valence-electron chi connectivity index (χ0n) is 11.5. The van der Waals surface area contributed by atoms with Gasteiger partial charge in [-0.05, 0) is 53.4 Å². The molecule has 0 bridgehead atoms. The summed E-state index contributed by atoms with van der Waals surface area (Å²) in [7, 11) is 0. The molecule has 0 saturated carbocycles. The second-order valence-electron chi connectivity index (χ2n) is 4.73. The Hall–Kier alpha value is -0.360. The molecular formula is C15H17Br2NOS. The summed E-state index contributed by atoms with van der Waals surface area (Å²) in [5.74, 6) is 0.918. The van der Waals surface area contributed by atoms with Crippen LogP contribution in [0.3, 0.4) is 0 Å². The minimum atomic E-state index is 0.156. The number of benzene rings is 1. The lowest BCUT2D eigenvalue weighted by atomic mass is 10.2. The third kappa shape index (κ3) is 4.58. The minimum Gasteiger partial charge on any atom is -0.489 e. The lowest BCUT2D eigenvalue weighted by Crippen LogP contribution is -2.15. The van der Waals surface area contributed by atoms with Crippen LogP contribution in [0.1, 0.15) is 24.3 Å². The minimum absolute atomic E-state index is 0.156. The molecular weight excluding hydrogens is 402 g/mol. The van der Waals surface area contributed by atoms with Crippen LogP contribution in [0, 0.1) is 0 Å². The van der Waals surface area contributed by atoms with Crippen LogP contribution < -0.4 is 10.1 Å². The van der Waals surface area contributed by atoms with Crippen molar-refractivity contribution in [3.8, 4) is 5.75 Å². The Morgan fingerprint density at radius 1 is 1.25 bits per heavy atom. The Kier molecular flexibility index (Phi) is 6.08. The lowest BCUT2D eigenvalue weighted by molar-refractivity contribution is 0.238. The maximum Gasteiger partial charge on any atom is 0.138 e. The Bertz CT molecular complexity index is 555. The van der Waals surface area contributed by atoms with E-state index in [9.17, 15) is 0 Å². The number of hydrogen-bond acceptors (Lipinski definition) is 3. The van der Waals surface area contributed by atoms with E-state index in [1.54, 1.807) is 11.3 Å². The Balaban J connectivity index is 2.08. The Morgan fingerprint density at radius 2 is 2.05 bits per heavy atom. The van der Waals surface area contributed by atoms with Crippen LogP contribution in [-0.2, 0) is 13.1 Å². The Morgan fingerprint density at radius 3 is 2.70 bits per heavy atom. The van der Waals surface area contributed by atoms with E-state index in [0.29, 0.717) is 0 Å². The van der Waals surface area contributed by atoms with Crippen molar-refractivity contribution in [3.63, 3.8) is 0 Å². The number of ether oxygens (including phenoxy) is 1. The van der Waals surface area contributed by atoms with Gasteiger partial charge in [0.25, 0.3) is 0 Å². The molecule has 0 spiro atoms. The zero-order valence-corrected chi connectivity index (χ0v) is 15.4. The van der Waals surface area contributed by atoms with Crippen LogP contribution in [0.25, 0.3) is 0 Å². The number of rotatable bonds is 6. The van der Waals surface area contributed by atoms with E-state index in [1.807, 2.05) is 19.9 Å². The van der Waals surface area contributed by atoms with E-state index in [0.717, 1.165) is 33.3 Å². The first-order valence-corrected chi connectivity index (χ1v) is 8.90. The quantitative estimate of drug-likeness (QED) is 0.682. The average molecular weight is 419 g/mol. The van der Waals surface area contributed by atoms with Gasteiger partial charge in [-0.25, -0.2) is 0 Å². The predicted octanol–water partition coefficient (Wildman–Crippen LogP) is 5.35. The highest BCUT2D eigenvalue weighted by Gasteiger charge is 2.11. The molecule has 0 aliphatic heterocycles. The first-order chi connectivity index (χ1) is 9.56. The summed E-state index contributed by atoms with van der Waals surface area (Å²) in [6.45, 7) is 5.73. The fourth-order valence-corrected chi connectivity index (χ4v) is 3.93. The van der Waals surface area contributed by atoms with Crippen LogP contribution in [-0.4, -0.2) is 6.10 Å². The van der Waals surface area contributed by atoms with Crippen LogP contribution in [0.4, 0.5) is 0 Å². The van der Waals surface area contributed by atoms with Crippen LogP contribution >= 0.6 is 43.2 Å². The molecule has 1 N–H and O–H groups in total. The molecule has 0 aliphatic rings. The third-order valence-electron chi connectivity index (χ3n) is 2.63. The second kappa shape index (κ2) is 7.59. The highest BCUT2D eigenvalue weighted by molar-refractivity contribution is 9.11. The van der Waals surface area contributed by atoms with Crippen molar-refractivity contribution in [1.82, 2.24) is 5.32 Å². The molecule has 2 aromatic rings. The largest absolute Gasteiger partial charge is 0.489 e. The van der Waals surface area contributed by atoms with Crippen molar-refractivity contribution in [2.75, 3.05) is 0 Å². The summed E-state index contributed by atoms with van der Waals surface area (Å²) in [4.78, 5) is 1.34. The van der Waals surface area contributed by atoms with Gasteiger partial charge in [-0.3, -0.25) is 0 Å². The van der Waals surface area contributed by atoms with E-state index >= 15 is 0 Å². The van der Waals surface area contributed by atoms with Crippen molar-refractivity contribution in [3.05, 3.63) is 49.0 Å². The molecule has 0 fully saturated rings. The number of hydrogen-bond donors (Lipinski definition) is 1. The molecule has 20 heavy (non-hydrogen) atoms. The first kappa shape index (κ1) is 16.0. The molecule has 0 radical (unpaired) electrons. The Labute approximate surface area is 140 Å². The molecule has 0 aliphatic carbocycles. The first-order valence-electron chi connectivity index (χ1n) is 6.44. The molecule has 108 valence electrons. The van der Waals surface area contributed by atoms with Crippen molar-refractivity contribution in [2.24, 2.45) is 0 Å². The molecule has 0 amide bonds. The van der Waals surface area contributed by atoms with Gasteiger partial charge in [0.05, 0.1) is 10.6 Å².